The van der Waals surface area contributed by atoms with Crippen molar-refractivity contribution in [2.45, 2.75) is 19.9 Å². The van der Waals surface area contributed by atoms with E-state index in [0.717, 1.165) is 11.3 Å². The first-order chi connectivity index (χ1) is 6.63. The Labute approximate surface area is 84.9 Å². The van der Waals surface area contributed by atoms with E-state index in [2.05, 4.69) is 18.0 Å². The third-order valence-electron chi connectivity index (χ3n) is 1.98. The molecule has 0 heterocycles. The number of nitrogens with zero attached hydrogens (tertiary/aromatic N) is 1. The van der Waals surface area contributed by atoms with Crippen molar-refractivity contribution in [1.82, 2.24) is 0 Å². The first-order valence-corrected chi connectivity index (χ1v) is 4.51. The van der Waals surface area contributed by atoms with E-state index in [-0.39, 0.29) is 6.04 Å². The van der Waals surface area contributed by atoms with Crippen LogP contribution < -0.4 is 5.32 Å². The minimum absolute atomic E-state index is 0.308. The molecule has 0 radical (unpaired) electrons. The molecule has 1 aromatic rings. The molecule has 0 aliphatic carbocycles. The summed E-state index contributed by atoms with van der Waals surface area (Å²) in [5.74, 6) is 0. The molecule has 14 heavy (non-hydrogen) atoms. The number of anilines is 1. The normalized spacial score (nSPS) is 11.5. The molecular weight excluding hydrogens is 172 g/mol. The Bertz CT molecular complexity index is 357. The zero-order valence-electron chi connectivity index (χ0n) is 8.54. The minimum atomic E-state index is -0.308. The standard InChI is InChI=1S/C12H14N2/c1-9(2)12(8-13)14-11-6-4-10(3)5-7-11/h4-7,12,14H,1H2,2-3H3. The van der Waals surface area contributed by atoms with Crippen molar-refractivity contribution < 1.29 is 0 Å². The van der Waals surface area contributed by atoms with Crippen LogP contribution in [0.15, 0.2) is 36.4 Å². The highest BCUT2D eigenvalue weighted by atomic mass is 14.9. The molecule has 0 aromatic heterocycles. The molecule has 0 aliphatic rings. The van der Waals surface area contributed by atoms with Crippen molar-refractivity contribution in [2.24, 2.45) is 0 Å². The highest BCUT2D eigenvalue weighted by molar-refractivity contribution is 5.48. The number of benzene rings is 1. The second-order valence-corrected chi connectivity index (χ2v) is 3.42. The average molecular weight is 186 g/mol. The number of rotatable bonds is 3. The van der Waals surface area contributed by atoms with Crippen molar-refractivity contribution in [1.29, 1.82) is 5.26 Å². The van der Waals surface area contributed by atoms with Gasteiger partial charge in [0.25, 0.3) is 0 Å². The maximum atomic E-state index is 8.84. The fraction of sp³-hybridized carbons (Fsp3) is 0.250. The molecule has 72 valence electrons. The number of aryl methyl sites for hydroxylation is 1. The van der Waals surface area contributed by atoms with Gasteiger partial charge in [-0.2, -0.15) is 5.26 Å². The molecule has 1 N–H and O–H groups in total. The van der Waals surface area contributed by atoms with E-state index in [9.17, 15) is 0 Å². The van der Waals surface area contributed by atoms with Crippen LogP contribution in [0.3, 0.4) is 0 Å². The van der Waals surface area contributed by atoms with Gasteiger partial charge in [-0.15, -0.1) is 0 Å². The molecule has 0 spiro atoms. The summed E-state index contributed by atoms with van der Waals surface area (Å²) in [7, 11) is 0. The van der Waals surface area contributed by atoms with Crippen molar-refractivity contribution >= 4 is 5.69 Å². The lowest BCUT2D eigenvalue weighted by Crippen LogP contribution is -2.17. The SMILES string of the molecule is C=C(C)C(C#N)Nc1ccc(C)cc1. The number of nitrogens with one attached hydrogen (secondary N) is 1. The zero-order chi connectivity index (χ0) is 10.6. The highest BCUT2D eigenvalue weighted by Crippen LogP contribution is 2.12. The molecule has 0 saturated heterocycles. The van der Waals surface area contributed by atoms with Gasteiger partial charge in [0.05, 0.1) is 6.07 Å². The summed E-state index contributed by atoms with van der Waals surface area (Å²) < 4.78 is 0. The fourth-order valence-electron chi connectivity index (χ4n) is 1.08. The summed E-state index contributed by atoms with van der Waals surface area (Å²) in [5, 5.41) is 11.9. The van der Waals surface area contributed by atoms with E-state index >= 15 is 0 Å². The van der Waals surface area contributed by atoms with Crippen LogP contribution in [0.2, 0.25) is 0 Å². The lowest BCUT2D eigenvalue weighted by Gasteiger charge is -2.12. The van der Waals surface area contributed by atoms with Crippen molar-refractivity contribution in [3.63, 3.8) is 0 Å². The van der Waals surface area contributed by atoms with E-state index in [4.69, 9.17) is 5.26 Å². The van der Waals surface area contributed by atoms with Crippen LogP contribution in [0.25, 0.3) is 0 Å². The summed E-state index contributed by atoms with van der Waals surface area (Å²) >= 11 is 0. The average Bonchev–Trinajstić information content (AvgIpc) is 2.16. The van der Waals surface area contributed by atoms with Crippen LogP contribution in [0.1, 0.15) is 12.5 Å². The van der Waals surface area contributed by atoms with Gasteiger partial charge in [0.1, 0.15) is 6.04 Å². The van der Waals surface area contributed by atoms with Crippen LogP contribution in [-0.2, 0) is 0 Å². The van der Waals surface area contributed by atoms with Crippen molar-refractivity contribution in [3.8, 4) is 6.07 Å². The van der Waals surface area contributed by atoms with Crippen molar-refractivity contribution in [3.05, 3.63) is 42.0 Å². The Balaban J connectivity index is 2.74. The van der Waals surface area contributed by atoms with Crippen LogP contribution in [0, 0.1) is 18.3 Å². The molecule has 0 amide bonds. The second kappa shape index (κ2) is 4.48. The van der Waals surface area contributed by atoms with E-state index in [1.807, 2.05) is 38.1 Å². The lowest BCUT2D eigenvalue weighted by molar-refractivity contribution is 1.03. The Hall–Kier alpha value is -1.75. The van der Waals surface area contributed by atoms with E-state index in [1.54, 1.807) is 0 Å². The zero-order valence-corrected chi connectivity index (χ0v) is 8.54. The predicted octanol–water partition coefficient (Wildman–Crippen LogP) is 2.88. The Morgan fingerprint density at radius 2 is 2.00 bits per heavy atom. The molecule has 0 saturated carbocycles. The van der Waals surface area contributed by atoms with Gasteiger partial charge in [-0.1, -0.05) is 24.3 Å². The smallest absolute Gasteiger partial charge is 0.135 e. The molecule has 0 fully saturated rings. The van der Waals surface area contributed by atoms with Crippen LogP contribution >= 0.6 is 0 Å². The van der Waals surface area contributed by atoms with Gasteiger partial charge in [-0.25, -0.2) is 0 Å². The van der Waals surface area contributed by atoms with E-state index < -0.39 is 0 Å². The van der Waals surface area contributed by atoms with Gasteiger partial charge >= 0.3 is 0 Å². The predicted molar refractivity (Wildman–Crippen MR) is 59.0 cm³/mol. The minimum Gasteiger partial charge on any atom is -0.366 e. The molecule has 1 aromatic carbocycles. The summed E-state index contributed by atoms with van der Waals surface area (Å²) in [4.78, 5) is 0. The van der Waals surface area contributed by atoms with Crippen LogP contribution in [-0.4, -0.2) is 6.04 Å². The maximum Gasteiger partial charge on any atom is 0.135 e. The number of nitriles is 1. The second-order valence-electron chi connectivity index (χ2n) is 3.42. The summed E-state index contributed by atoms with van der Waals surface area (Å²) in [6.07, 6.45) is 0. The Morgan fingerprint density at radius 3 is 2.43 bits per heavy atom. The Morgan fingerprint density at radius 1 is 1.43 bits per heavy atom. The maximum absolute atomic E-state index is 8.84. The molecule has 1 atom stereocenters. The highest BCUT2D eigenvalue weighted by Gasteiger charge is 2.06. The summed E-state index contributed by atoms with van der Waals surface area (Å²) in [6, 6.07) is 9.79. The molecule has 2 heteroatoms. The quantitative estimate of drug-likeness (QED) is 0.737. The topological polar surface area (TPSA) is 35.8 Å². The third kappa shape index (κ3) is 2.63. The van der Waals surface area contributed by atoms with Crippen molar-refractivity contribution in [2.75, 3.05) is 5.32 Å². The third-order valence-corrected chi connectivity index (χ3v) is 1.98. The van der Waals surface area contributed by atoms with Crippen LogP contribution in [0.5, 0.6) is 0 Å². The van der Waals surface area contributed by atoms with E-state index in [0.29, 0.717) is 0 Å². The number of hydrogen-bond acceptors (Lipinski definition) is 2. The van der Waals surface area contributed by atoms with Gasteiger partial charge in [-0.05, 0) is 31.6 Å². The van der Waals surface area contributed by atoms with Crippen LogP contribution in [0.4, 0.5) is 5.69 Å². The monoisotopic (exact) mass is 186 g/mol. The van der Waals surface area contributed by atoms with Gasteiger partial charge in [0.2, 0.25) is 0 Å². The van der Waals surface area contributed by atoms with Gasteiger partial charge in [0.15, 0.2) is 0 Å². The Kier molecular flexibility index (Phi) is 3.30. The lowest BCUT2D eigenvalue weighted by atomic mass is 10.1. The summed E-state index contributed by atoms with van der Waals surface area (Å²) in [6.45, 7) is 7.63. The van der Waals surface area contributed by atoms with Gasteiger partial charge < -0.3 is 5.32 Å². The summed E-state index contributed by atoms with van der Waals surface area (Å²) in [5.41, 5.74) is 2.98. The first-order valence-electron chi connectivity index (χ1n) is 4.51. The van der Waals surface area contributed by atoms with E-state index in [1.165, 1.54) is 5.56 Å². The number of hydrogen-bond donors (Lipinski definition) is 1. The molecule has 0 bridgehead atoms. The molecule has 0 aliphatic heterocycles. The van der Waals surface area contributed by atoms with Gasteiger partial charge in [-0.3, -0.25) is 0 Å². The molecular formula is C12H14N2. The largest absolute Gasteiger partial charge is 0.366 e. The van der Waals surface area contributed by atoms with Gasteiger partial charge in [0, 0.05) is 5.69 Å². The first kappa shape index (κ1) is 10.3. The fourth-order valence-corrected chi connectivity index (χ4v) is 1.08. The molecule has 2 nitrogen and oxygen atoms in total. The molecule has 1 rings (SSSR count). The molecule has 1 unspecified atom stereocenters.